The monoisotopic (exact) mass is 292 g/mol. The van der Waals surface area contributed by atoms with Crippen LogP contribution >= 0.6 is 0 Å². The number of nitrogens with zero attached hydrogens (tertiary/aromatic N) is 1. The Bertz CT molecular complexity index is 687. The molecule has 2 aromatic rings. The Morgan fingerprint density at radius 2 is 2.10 bits per heavy atom. The standard InChI is InChI=1S/C13H16N4O2S/c1-15-20(18,19)11-4-5-13(12(14)7-11)17-9-10-3-2-6-16-8-10/h2-8,15,17H,9,14H2,1H3. The van der Waals surface area contributed by atoms with E-state index in [4.69, 9.17) is 5.73 Å². The van der Waals surface area contributed by atoms with Crippen molar-refractivity contribution < 1.29 is 8.42 Å². The molecule has 20 heavy (non-hydrogen) atoms. The summed E-state index contributed by atoms with van der Waals surface area (Å²) in [5, 5.41) is 3.15. The van der Waals surface area contributed by atoms with Gasteiger partial charge in [0.25, 0.3) is 0 Å². The van der Waals surface area contributed by atoms with Gasteiger partial charge in [-0.1, -0.05) is 6.07 Å². The zero-order valence-corrected chi connectivity index (χ0v) is 11.8. The maximum Gasteiger partial charge on any atom is 0.240 e. The molecule has 4 N–H and O–H groups in total. The number of nitrogens with one attached hydrogen (secondary N) is 2. The highest BCUT2D eigenvalue weighted by molar-refractivity contribution is 7.89. The van der Waals surface area contributed by atoms with Crippen LogP contribution in [-0.4, -0.2) is 20.4 Å². The minimum Gasteiger partial charge on any atom is -0.397 e. The average Bonchev–Trinajstić information content (AvgIpc) is 2.47. The normalized spacial score (nSPS) is 11.2. The molecule has 0 unspecified atom stereocenters. The summed E-state index contributed by atoms with van der Waals surface area (Å²) in [6, 6.07) is 8.38. The first-order valence-corrected chi connectivity index (χ1v) is 7.47. The molecular weight excluding hydrogens is 276 g/mol. The third kappa shape index (κ3) is 3.25. The first-order chi connectivity index (χ1) is 9.53. The number of pyridine rings is 1. The summed E-state index contributed by atoms with van der Waals surface area (Å²) in [7, 11) is -2.11. The van der Waals surface area contributed by atoms with E-state index < -0.39 is 10.0 Å². The summed E-state index contributed by atoms with van der Waals surface area (Å²) < 4.78 is 25.5. The lowest BCUT2D eigenvalue weighted by atomic mass is 10.2. The molecule has 0 fully saturated rings. The molecule has 2 rings (SSSR count). The molecular formula is C13H16N4O2S. The van der Waals surface area contributed by atoms with Crippen LogP contribution in [0.15, 0.2) is 47.6 Å². The molecule has 0 aliphatic carbocycles. The van der Waals surface area contributed by atoms with Crippen LogP contribution in [-0.2, 0) is 16.6 Å². The van der Waals surface area contributed by atoms with Crippen LogP contribution in [0.1, 0.15) is 5.56 Å². The van der Waals surface area contributed by atoms with Crippen LogP contribution in [0, 0.1) is 0 Å². The van der Waals surface area contributed by atoms with Crippen molar-refractivity contribution in [2.75, 3.05) is 18.1 Å². The van der Waals surface area contributed by atoms with Crippen LogP contribution in [0.5, 0.6) is 0 Å². The fourth-order valence-electron chi connectivity index (χ4n) is 1.69. The second-order valence-corrected chi connectivity index (χ2v) is 6.06. The van der Waals surface area contributed by atoms with Gasteiger partial charge in [-0.05, 0) is 36.9 Å². The summed E-state index contributed by atoms with van der Waals surface area (Å²) in [6.45, 7) is 0.566. The van der Waals surface area contributed by atoms with E-state index in [0.717, 1.165) is 5.56 Å². The van der Waals surface area contributed by atoms with Gasteiger partial charge in [-0.2, -0.15) is 0 Å². The van der Waals surface area contributed by atoms with Crippen molar-refractivity contribution in [3.8, 4) is 0 Å². The quantitative estimate of drug-likeness (QED) is 0.719. The molecule has 1 heterocycles. The molecule has 6 nitrogen and oxygen atoms in total. The highest BCUT2D eigenvalue weighted by atomic mass is 32.2. The van der Waals surface area contributed by atoms with E-state index >= 15 is 0 Å². The fraction of sp³-hybridized carbons (Fsp3) is 0.154. The lowest BCUT2D eigenvalue weighted by Gasteiger charge is -2.11. The van der Waals surface area contributed by atoms with E-state index in [1.807, 2.05) is 12.1 Å². The predicted octanol–water partition coefficient (Wildman–Crippen LogP) is 1.18. The number of nitrogen functional groups attached to an aromatic ring is 1. The zero-order valence-electron chi connectivity index (χ0n) is 11.0. The molecule has 0 aliphatic rings. The van der Waals surface area contributed by atoms with E-state index in [0.29, 0.717) is 17.9 Å². The first kappa shape index (κ1) is 14.3. The Morgan fingerprint density at radius 1 is 1.30 bits per heavy atom. The van der Waals surface area contributed by atoms with E-state index in [2.05, 4.69) is 15.0 Å². The van der Waals surface area contributed by atoms with E-state index in [9.17, 15) is 8.42 Å². The van der Waals surface area contributed by atoms with Crippen molar-refractivity contribution in [3.05, 3.63) is 48.3 Å². The summed E-state index contributed by atoms with van der Waals surface area (Å²) in [5.41, 5.74) is 7.94. The second-order valence-electron chi connectivity index (χ2n) is 4.17. The van der Waals surface area contributed by atoms with Crippen LogP contribution in [0.4, 0.5) is 11.4 Å². The molecule has 0 spiro atoms. The van der Waals surface area contributed by atoms with E-state index in [1.54, 1.807) is 18.5 Å². The molecule has 7 heteroatoms. The van der Waals surface area contributed by atoms with Crippen molar-refractivity contribution in [3.63, 3.8) is 0 Å². The van der Waals surface area contributed by atoms with E-state index in [-0.39, 0.29) is 4.90 Å². The molecule has 0 amide bonds. The van der Waals surface area contributed by atoms with Gasteiger partial charge in [0.2, 0.25) is 10.0 Å². The number of nitrogens with two attached hydrogens (primary N) is 1. The molecule has 1 aromatic carbocycles. The fourth-order valence-corrected chi connectivity index (χ4v) is 2.45. The molecule has 106 valence electrons. The van der Waals surface area contributed by atoms with Crippen molar-refractivity contribution >= 4 is 21.4 Å². The Morgan fingerprint density at radius 3 is 2.70 bits per heavy atom. The number of hydrogen-bond acceptors (Lipinski definition) is 5. The largest absolute Gasteiger partial charge is 0.397 e. The van der Waals surface area contributed by atoms with Crippen LogP contribution in [0.25, 0.3) is 0 Å². The summed E-state index contributed by atoms with van der Waals surface area (Å²) in [5.74, 6) is 0. The average molecular weight is 292 g/mol. The smallest absolute Gasteiger partial charge is 0.240 e. The predicted molar refractivity (Wildman–Crippen MR) is 78.7 cm³/mol. The van der Waals surface area contributed by atoms with Gasteiger partial charge in [0, 0.05) is 18.9 Å². The summed E-state index contributed by atoms with van der Waals surface area (Å²) >= 11 is 0. The third-order valence-electron chi connectivity index (χ3n) is 2.81. The van der Waals surface area contributed by atoms with Crippen molar-refractivity contribution in [1.29, 1.82) is 0 Å². The number of aromatic nitrogens is 1. The Labute approximate surface area is 118 Å². The number of rotatable bonds is 5. The van der Waals surface area contributed by atoms with Crippen LogP contribution in [0.2, 0.25) is 0 Å². The Hall–Kier alpha value is -2.12. The van der Waals surface area contributed by atoms with Crippen LogP contribution in [0.3, 0.4) is 0 Å². The topological polar surface area (TPSA) is 97.1 Å². The number of benzene rings is 1. The van der Waals surface area contributed by atoms with Gasteiger partial charge < -0.3 is 11.1 Å². The molecule has 0 saturated heterocycles. The van der Waals surface area contributed by atoms with Crippen LogP contribution < -0.4 is 15.8 Å². The Kier molecular flexibility index (Phi) is 4.21. The number of anilines is 2. The lowest BCUT2D eigenvalue weighted by Crippen LogP contribution is -2.18. The van der Waals surface area contributed by atoms with E-state index in [1.165, 1.54) is 19.2 Å². The number of sulfonamides is 1. The highest BCUT2D eigenvalue weighted by Gasteiger charge is 2.12. The minimum atomic E-state index is -3.47. The van der Waals surface area contributed by atoms with Gasteiger partial charge in [0.05, 0.1) is 16.3 Å². The maximum absolute atomic E-state index is 11.6. The minimum absolute atomic E-state index is 0.143. The molecule has 0 radical (unpaired) electrons. The van der Waals surface area contributed by atoms with Gasteiger partial charge in [-0.3, -0.25) is 4.98 Å². The van der Waals surface area contributed by atoms with Gasteiger partial charge in [-0.15, -0.1) is 0 Å². The zero-order chi connectivity index (χ0) is 14.6. The van der Waals surface area contributed by atoms with Gasteiger partial charge in [-0.25, -0.2) is 13.1 Å². The van der Waals surface area contributed by atoms with Crippen molar-refractivity contribution in [2.24, 2.45) is 0 Å². The van der Waals surface area contributed by atoms with Gasteiger partial charge in [0.1, 0.15) is 0 Å². The molecule has 0 atom stereocenters. The molecule has 1 aromatic heterocycles. The molecule has 0 saturated carbocycles. The highest BCUT2D eigenvalue weighted by Crippen LogP contribution is 2.22. The lowest BCUT2D eigenvalue weighted by molar-refractivity contribution is 0.588. The number of hydrogen-bond donors (Lipinski definition) is 3. The van der Waals surface area contributed by atoms with Crippen molar-refractivity contribution in [2.45, 2.75) is 11.4 Å². The first-order valence-electron chi connectivity index (χ1n) is 5.99. The summed E-state index contributed by atoms with van der Waals surface area (Å²) in [4.78, 5) is 4.16. The summed E-state index contributed by atoms with van der Waals surface area (Å²) in [6.07, 6.45) is 3.46. The Balaban J connectivity index is 2.15. The molecule has 0 bridgehead atoms. The van der Waals surface area contributed by atoms with Gasteiger partial charge >= 0.3 is 0 Å². The molecule has 0 aliphatic heterocycles. The SMILES string of the molecule is CNS(=O)(=O)c1ccc(NCc2cccnc2)c(N)c1. The maximum atomic E-state index is 11.6. The third-order valence-corrected chi connectivity index (χ3v) is 4.22. The van der Waals surface area contributed by atoms with Gasteiger partial charge in [0.15, 0.2) is 0 Å². The second kappa shape index (κ2) is 5.89. The van der Waals surface area contributed by atoms with Crippen molar-refractivity contribution in [1.82, 2.24) is 9.71 Å².